The second-order valence-electron chi connectivity index (χ2n) is 7.43. The summed E-state index contributed by atoms with van der Waals surface area (Å²) in [5, 5.41) is 2.26. The number of hydrazine groups is 1. The summed E-state index contributed by atoms with van der Waals surface area (Å²) in [7, 11) is 1.88. The van der Waals surface area contributed by atoms with Crippen LogP contribution in [0.15, 0.2) is 77.6 Å². The van der Waals surface area contributed by atoms with Gasteiger partial charge in [-0.05, 0) is 48.9 Å². The summed E-state index contributed by atoms with van der Waals surface area (Å²) in [5.41, 5.74) is 8.73. The van der Waals surface area contributed by atoms with Crippen LogP contribution >= 0.6 is 0 Å². The van der Waals surface area contributed by atoms with Gasteiger partial charge < -0.3 is 9.58 Å². The van der Waals surface area contributed by atoms with Crippen LogP contribution in [0.2, 0.25) is 0 Å². The first-order valence-corrected chi connectivity index (χ1v) is 10.0. The van der Waals surface area contributed by atoms with E-state index in [4.69, 9.17) is 0 Å². The van der Waals surface area contributed by atoms with Gasteiger partial charge in [0.25, 0.3) is 0 Å². The van der Waals surface area contributed by atoms with E-state index in [2.05, 4.69) is 65.0 Å². The van der Waals surface area contributed by atoms with Crippen LogP contribution in [-0.2, 0) is 19.9 Å². The Labute approximate surface area is 166 Å². The Morgan fingerprint density at radius 3 is 2.46 bits per heavy atom. The molecule has 4 heteroatoms. The molecule has 1 N–H and O–H groups in total. The van der Waals surface area contributed by atoms with Gasteiger partial charge in [0.15, 0.2) is 0 Å². The van der Waals surface area contributed by atoms with Crippen LogP contribution in [0.25, 0.3) is 0 Å². The third kappa shape index (κ3) is 4.02. The molecule has 1 unspecified atom stereocenters. The zero-order valence-electron chi connectivity index (χ0n) is 16.3. The molecule has 0 radical (unpaired) electrons. The molecule has 0 fully saturated rings. The number of nitrogens with one attached hydrogen (secondary N) is 1. The topological polar surface area (TPSA) is 37.3 Å². The molecule has 0 saturated carbocycles. The van der Waals surface area contributed by atoms with Crippen molar-refractivity contribution in [2.45, 2.75) is 31.7 Å². The summed E-state index contributed by atoms with van der Waals surface area (Å²) in [6.07, 6.45) is 4.09. The molecular formula is C24H27N3O. The first kappa shape index (κ1) is 18.5. The van der Waals surface area contributed by atoms with Crippen LogP contribution in [0.5, 0.6) is 0 Å². The van der Waals surface area contributed by atoms with Crippen LogP contribution in [0.4, 0.5) is 5.69 Å². The van der Waals surface area contributed by atoms with Crippen molar-refractivity contribution in [2.75, 3.05) is 11.6 Å². The zero-order chi connectivity index (χ0) is 19.3. The minimum Gasteiger partial charge on any atom is -0.315 e. The van der Waals surface area contributed by atoms with E-state index in [1.165, 1.54) is 11.1 Å². The van der Waals surface area contributed by atoms with E-state index >= 15 is 0 Å². The second kappa shape index (κ2) is 8.44. The summed E-state index contributed by atoms with van der Waals surface area (Å²) in [6.45, 7) is 0.881. The standard InChI is InChI=1S/C24H27N3O/c1-26-23-14-8-13-22(21(23)15-16-24(26)28)25-27(20-11-6-3-7-12-20)18-17-19-9-4-2-5-10-19/h2-7,9-12,15-16,22,25H,8,13-14,17-18H2,1H3. The number of hydrogen-bond acceptors (Lipinski definition) is 3. The normalized spacial score (nSPS) is 15.8. The first-order chi connectivity index (χ1) is 13.7. The number of rotatable bonds is 6. The molecule has 1 atom stereocenters. The van der Waals surface area contributed by atoms with E-state index in [-0.39, 0.29) is 11.6 Å². The van der Waals surface area contributed by atoms with Gasteiger partial charge in [0.2, 0.25) is 5.56 Å². The highest BCUT2D eigenvalue weighted by molar-refractivity contribution is 5.45. The van der Waals surface area contributed by atoms with E-state index in [0.717, 1.165) is 43.6 Å². The van der Waals surface area contributed by atoms with Crippen molar-refractivity contribution in [3.05, 3.63) is 100.0 Å². The third-order valence-corrected chi connectivity index (χ3v) is 5.60. The summed E-state index contributed by atoms with van der Waals surface area (Å²) < 4.78 is 1.81. The van der Waals surface area contributed by atoms with Gasteiger partial charge in [-0.25, -0.2) is 5.43 Å². The number of nitrogens with zero attached hydrogens (tertiary/aromatic N) is 2. The fourth-order valence-electron chi connectivity index (χ4n) is 4.04. The molecule has 4 nitrogen and oxygen atoms in total. The van der Waals surface area contributed by atoms with Crippen molar-refractivity contribution in [1.82, 2.24) is 9.99 Å². The minimum absolute atomic E-state index is 0.0726. The number of pyridine rings is 1. The average Bonchev–Trinajstić information content (AvgIpc) is 2.75. The van der Waals surface area contributed by atoms with Crippen molar-refractivity contribution >= 4 is 5.69 Å². The molecule has 0 bridgehead atoms. The summed E-state index contributed by atoms with van der Waals surface area (Å²) in [4.78, 5) is 12.0. The van der Waals surface area contributed by atoms with E-state index < -0.39 is 0 Å². The van der Waals surface area contributed by atoms with Crippen LogP contribution in [0.3, 0.4) is 0 Å². The molecule has 28 heavy (non-hydrogen) atoms. The summed E-state index contributed by atoms with van der Waals surface area (Å²) in [6, 6.07) is 25.0. The number of para-hydroxylation sites is 1. The Morgan fingerprint density at radius 1 is 1.00 bits per heavy atom. The lowest BCUT2D eigenvalue weighted by Crippen LogP contribution is -2.43. The molecule has 1 heterocycles. The quantitative estimate of drug-likeness (QED) is 0.663. The van der Waals surface area contributed by atoms with Gasteiger partial charge in [0, 0.05) is 25.4 Å². The molecule has 2 aromatic carbocycles. The first-order valence-electron chi connectivity index (χ1n) is 10.0. The van der Waals surface area contributed by atoms with E-state index in [0.29, 0.717) is 0 Å². The Morgan fingerprint density at radius 2 is 1.71 bits per heavy atom. The van der Waals surface area contributed by atoms with Gasteiger partial charge in [-0.15, -0.1) is 0 Å². The average molecular weight is 374 g/mol. The summed E-state index contributed by atoms with van der Waals surface area (Å²) in [5.74, 6) is 0. The molecule has 1 aromatic heterocycles. The molecule has 1 aliphatic rings. The van der Waals surface area contributed by atoms with Crippen molar-refractivity contribution in [2.24, 2.45) is 7.05 Å². The Balaban J connectivity index is 1.58. The van der Waals surface area contributed by atoms with Crippen LogP contribution in [0, 0.1) is 0 Å². The maximum absolute atomic E-state index is 12.0. The monoisotopic (exact) mass is 373 g/mol. The number of hydrogen-bond donors (Lipinski definition) is 1. The van der Waals surface area contributed by atoms with Gasteiger partial charge in [0.05, 0.1) is 11.7 Å². The van der Waals surface area contributed by atoms with Crippen molar-refractivity contribution in [3.63, 3.8) is 0 Å². The smallest absolute Gasteiger partial charge is 0.250 e. The Bertz CT molecular complexity index is 966. The van der Waals surface area contributed by atoms with Crippen molar-refractivity contribution in [3.8, 4) is 0 Å². The molecule has 0 spiro atoms. The van der Waals surface area contributed by atoms with E-state index in [9.17, 15) is 4.79 Å². The predicted molar refractivity (Wildman–Crippen MR) is 114 cm³/mol. The Hall–Kier alpha value is -2.85. The maximum atomic E-state index is 12.0. The van der Waals surface area contributed by atoms with Gasteiger partial charge in [-0.3, -0.25) is 4.79 Å². The molecule has 1 aliphatic carbocycles. The number of anilines is 1. The van der Waals surface area contributed by atoms with Crippen LogP contribution in [0.1, 0.15) is 35.7 Å². The predicted octanol–water partition coefficient (Wildman–Crippen LogP) is 4.02. The number of aromatic nitrogens is 1. The van der Waals surface area contributed by atoms with Crippen LogP contribution in [-0.4, -0.2) is 11.1 Å². The summed E-state index contributed by atoms with van der Waals surface area (Å²) >= 11 is 0. The molecule has 3 aromatic rings. The molecular weight excluding hydrogens is 346 g/mol. The van der Waals surface area contributed by atoms with Gasteiger partial charge >= 0.3 is 0 Å². The minimum atomic E-state index is 0.0726. The molecule has 144 valence electrons. The van der Waals surface area contributed by atoms with Gasteiger partial charge in [0.1, 0.15) is 0 Å². The largest absolute Gasteiger partial charge is 0.315 e. The zero-order valence-corrected chi connectivity index (χ0v) is 16.3. The molecule has 0 saturated heterocycles. The number of fused-ring (bicyclic) bond motifs is 1. The fraction of sp³-hybridized carbons (Fsp3) is 0.292. The van der Waals surface area contributed by atoms with Crippen LogP contribution < -0.4 is 16.0 Å². The number of benzene rings is 2. The lowest BCUT2D eigenvalue weighted by atomic mass is 9.91. The molecule has 4 rings (SSSR count). The molecule has 0 aliphatic heterocycles. The van der Waals surface area contributed by atoms with Crippen molar-refractivity contribution < 1.29 is 0 Å². The maximum Gasteiger partial charge on any atom is 0.250 e. The lowest BCUT2D eigenvalue weighted by Gasteiger charge is -2.34. The Kier molecular flexibility index (Phi) is 5.58. The lowest BCUT2D eigenvalue weighted by molar-refractivity contribution is 0.430. The van der Waals surface area contributed by atoms with Crippen molar-refractivity contribution in [1.29, 1.82) is 0 Å². The van der Waals surface area contributed by atoms with Gasteiger partial charge in [-0.2, -0.15) is 0 Å². The second-order valence-corrected chi connectivity index (χ2v) is 7.43. The van der Waals surface area contributed by atoms with E-state index in [1.54, 1.807) is 10.6 Å². The SMILES string of the molecule is Cn1c2c(ccc1=O)C(NN(CCc1ccccc1)c1ccccc1)CCC2. The third-order valence-electron chi connectivity index (χ3n) is 5.60. The van der Waals surface area contributed by atoms with Gasteiger partial charge in [-0.1, -0.05) is 54.6 Å². The van der Waals surface area contributed by atoms with E-state index in [1.807, 2.05) is 19.2 Å². The fourth-order valence-corrected chi connectivity index (χ4v) is 4.04. The highest BCUT2D eigenvalue weighted by Gasteiger charge is 2.24. The molecule has 0 amide bonds. The highest BCUT2D eigenvalue weighted by atomic mass is 16.1. The highest BCUT2D eigenvalue weighted by Crippen LogP contribution is 2.29.